The van der Waals surface area contributed by atoms with Gasteiger partial charge in [0.05, 0.1) is 0 Å². The highest BCUT2D eigenvalue weighted by molar-refractivity contribution is 7.12. The van der Waals surface area contributed by atoms with Gasteiger partial charge in [0, 0.05) is 19.3 Å². The molecule has 0 aromatic carbocycles. The summed E-state index contributed by atoms with van der Waals surface area (Å²) in [6.45, 7) is 8.16. The molecular weight excluding hydrogens is 336 g/mol. The molecule has 0 aromatic rings. The molecule has 0 aromatic heterocycles. The summed E-state index contributed by atoms with van der Waals surface area (Å²) in [5.41, 5.74) is 0. The van der Waals surface area contributed by atoms with Crippen LogP contribution in [0.3, 0.4) is 0 Å². The maximum atomic E-state index is 6.72. The summed E-state index contributed by atoms with van der Waals surface area (Å²) >= 11 is 6.72. The van der Waals surface area contributed by atoms with Crippen molar-refractivity contribution in [3.8, 4) is 0 Å². The average molecular weight is 379 g/mol. The summed E-state index contributed by atoms with van der Waals surface area (Å²) in [5.74, 6) is 0. The Bertz CT molecular complexity index is 242. The molecule has 0 saturated carbocycles. The summed E-state index contributed by atoms with van der Waals surface area (Å²) < 4.78 is 12.0. The molecule has 0 rings (SSSR count). The largest absolute Gasteiger partial charge is 0.443 e. The molecule has 4 heteroatoms. The Kier molecular flexibility index (Phi) is 18.5. The van der Waals surface area contributed by atoms with Gasteiger partial charge in [0.1, 0.15) is 0 Å². The number of halogens is 1. The van der Waals surface area contributed by atoms with Gasteiger partial charge in [-0.25, -0.2) is 0 Å². The third kappa shape index (κ3) is 15.9. The third-order valence-corrected chi connectivity index (χ3v) is 7.90. The van der Waals surface area contributed by atoms with Gasteiger partial charge in [-0.15, -0.1) is 0 Å². The van der Waals surface area contributed by atoms with Crippen LogP contribution in [0.1, 0.15) is 111 Å². The lowest BCUT2D eigenvalue weighted by Crippen LogP contribution is -2.36. The van der Waals surface area contributed by atoms with E-state index in [0.717, 1.165) is 51.4 Å². The smallest absolute Gasteiger partial charge is 0.383 e. The van der Waals surface area contributed by atoms with Crippen molar-refractivity contribution < 1.29 is 8.85 Å². The molecule has 0 heterocycles. The van der Waals surface area contributed by atoms with Crippen LogP contribution in [0.25, 0.3) is 0 Å². The quantitative estimate of drug-likeness (QED) is 0.130. The average Bonchev–Trinajstić information content (AvgIpc) is 2.57. The van der Waals surface area contributed by atoms with Gasteiger partial charge in [-0.05, 0) is 12.8 Å². The first-order valence-corrected chi connectivity index (χ1v) is 13.7. The Morgan fingerprint density at radius 2 is 0.917 bits per heavy atom. The molecule has 146 valence electrons. The lowest BCUT2D eigenvalue weighted by molar-refractivity contribution is 0.181. The zero-order valence-corrected chi connectivity index (χ0v) is 18.5. The normalized spacial score (nSPS) is 12.0. The minimum absolute atomic E-state index is 0.760. The summed E-state index contributed by atoms with van der Waals surface area (Å²) in [7, 11) is -2.44. The molecule has 0 bridgehead atoms. The molecule has 0 N–H and O–H groups in total. The van der Waals surface area contributed by atoms with E-state index in [4.69, 9.17) is 19.9 Å². The third-order valence-electron chi connectivity index (χ3n) is 4.46. The fourth-order valence-electron chi connectivity index (χ4n) is 2.75. The van der Waals surface area contributed by atoms with E-state index in [1.165, 1.54) is 57.8 Å². The maximum Gasteiger partial charge on any atom is 0.443 e. The van der Waals surface area contributed by atoms with Gasteiger partial charge in [-0.3, -0.25) is 0 Å². The van der Waals surface area contributed by atoms with Crippen LogP contribution in [-0.4, -0.2) is 21.1 Å². The molecule has 0 aliphatic carbocycles. The second-order valence-corrected chi connectivity index (χ2v) is 11.1. The number of rotatable bonds is 19. The van der Waals surface area contributed by atoms with E-state index in [-0.39, 0.29) is 0 Å². The molecular formula is C20H43ClO2Si. The van der Waals surface area contributed by atoms with Crippen molar-refractivity contribution >= 4 is 18.9 Å². The predicted octanol–water partition coefficient (Wildman–Crippen LogP) is 7.72. The molecule has 0 spiro atoms. The monoisotopic (exact) mass is 378 g/mol. The molecule has 0 unspecified atom stereocenters. The van der Waals surface area contributed by atoms with E-state index < -0.39 is 7.87 Å². The van der Waals surface area contributed by atoms with Gasteiger partial charge in [0.2, 0.25) is 0 Å². The van der Waals surface area contributed by atoms with Crippen LogP contribution in [0.4, 0.5) is 0 Å². The van der Waals surface area contributed by atoms with Crippen molar-refractivity contribution in [3.05, 3.63) is 0 Å². The fourth-order valence-corrected chi connectivity index (χ4v) is 5.55. The van der Waals surface area contributed by atoms with Gasteiger partial charge in [-0.1, -0.05) is 109 Å². The van der Waals surface area contributed by atoms with Gasteiger partial charge in [0.15, 0.2) is 0 Å². The molecule has 0 amide bonds. The minimum Gasteiger partial charge on any atom is -0.383 e. The van der Waals surface area contributed by atoms with Gasteiger partial charge in [-0.2, -0.15) is 0 Å². The van der Waals surface area contributed by atoms with Crippen LogP contribution < -0.4 is 0 Å². The minimum atomic E-state index is -2.44. The Balaban J connectivity index is 3.72. The van der Waals surface area contributed by atoms with Crippen LogP contribution in [0.5, 0.6) is 0 Å². The summed E-state index contributed by atoms with van der Waals surface area (Å²) in [6, 6.07) is 0.943. The van der Waals surface area contributed by atoms with E-state index in [1.807, 2.05) is 0 Å². The summed E-state index contributed by atoms with van der Waals surface area (Å²) in [5, 5.41) is 0. The van der Waals surface area contributed by atoms with Crippen molar-refractivity contribution in [1.82, 2.24) is 0 Å². The van der Waals surface area contributed by atoms with E-state index >= 15 is 0 Å². The Hall–Kier alpha value is 0.427. The zero-order chi connectivity index (χ0) is 17.9. The number of hydrogen-bond donors (Lipinski definition) is 0. The Morgan fingerprint density at radius 3 is 1.33 bits per heavy atom. The van der Waals surface area contributed by atoms with Crippen molar-refractivity contribution in [2.75, 3.05) is 13.2 Å². The van der Waals surface area contributed by atoms with Gasteiger partial charge in [0.25, 0.3) is 0 Å². The highest BCUT2D eigenvalue weighted by Gasteiger charge is 2.35. The molecule has 0 radical (unpaired) electrons. The van der Waals surface area contributed by atoms with Gasteiger partial charge >= 0.3 is 7.87 Å². The lowest BCUT2D eigenvalue weighted by Gasteiger charge is -2.24. The van der Waals surface area contributed by atoms with E-state index in [0.29, 0.717) is 0 Å². The second-order valence-electron chi connectivity index (χ2n) is 7.00. The summed E-state index contributed by atoms with van der Waals surface area (Å²) in [6.07, 6.45) is 18.0. The number of hydrogen-bond acceptors (Lipinski definition) is 2. The first kappa shape index (κ1) is 24.4. The number of unbranched alkanes of at least 4 members (excludes halogenated alkanes) is 11. The van der Waals surface area contributed by atoms with Crippen molar-refractivity contribution in [2.45, 2.75) is 117 Å². The lowest BCUT2D eigenvalue weighted by atomic mass is 10.1. The summed E-state index contributed by atoms with van der Waals surface area (Å²) in [4.78, 5) is 0. The van der Waals surface area contributed by atoms with E-state index in [9.17, 15) is 0 Å². The van der Waals surface area contributed by atoms with Crippen molar-refractivity contribution in [2.24, 2.45) is 0 Å². The molecule has 0 aliphatic heterocycles. The SMILES string of the molecule is CCCCCCCCCCCC[Si](Cl)(OCCCC)OCCCC. The molecule has 24 heavy (non-hydrogen) atoms. The first-order chi connectivity index (χ1) is 11.7. The molecule has 2 nitrogen and oxygen atoms in total. The van der Waals surface area contributed by atoms with Crippen LogP contribution in [0.2, 0.25) is 6.04 Å². The molecule has 0 atom stereocenters. The first-order valence-electron chi connectivity index (χ1n) is 10.6. The standard InChI is InChI=1S/C20H43ClO2Si/c1-4-7-10-11-12-13-14-15-16-17-20-24(21,22-18-8-5-2)23-19-9-6-3/h4-20H2,1-3H3. The Labute approximate surface area is 158 Å². The second kappa shape index (κ2) is 18.2. The van der Waals surface area contributed by atoms with Crippen LogP contribution in [-0.2, 0) is 8.85 Å². The van der Waals surface area contributed by atoms with Crippen LogP contribution in [0, 0.1) is 0 Å². The molecule has 0 fully saturated rings. The highest BCUT2D eigenvalue weighted by Crippen LogP contribution is 2.24. The Morgan fingerprint density at radius 1 is 0.542 bits per heavy atom. The highest BCUT2D eigenvalue weighted by atomic mass is 35.6. The predicted molar refractivity (Wildman–Crippen MR) is 110 cm³/mol. The van der Waals surface area contributed by atoms with Crippen LogP contribution >= 0.6 is 11.1 Å². The topological polar surface area (TPSA) is 18.5 Å². The maximum absolute atomic E-state index is 6.72. The van der Waals surface area contributed by atoms with Crippen molar-refractivity contribution in [3.63, 3.8) is 0 Å². The zero-order valence-electron chi connectivity index (χ0n) is 16.7. The van der Waals surface area contributed by atoms with Crippen molar-refractivity contribution in [1.29, 1.82) is 0 Å². The molecule has 0 saturated heterocycles. The van der Waals surface area contributed by atoms with E-state index in [2.05, 4.69) is 20.8 Å². The van der Waals surface area contributed by atoms with Crippen LogP contribution in [0.15, 0.2) is 0 Å². The molecule has 0 aliphatic rings. The van der Waals surface area contributed by atoms with Gasteiger partial charge < -0.3 is 8.85 Å². The fraction of sp³-hybridized carbons (Fsp3) is 1.00. The van der Waals surface area contributed by atoms with E-state index in [1.54, 1.807) is 0 Å².